The van der Waals surface area contributed by atoms with Crippen molar-refractivity contribution in [2.45, 2.75) is 42.3 Å². The number of halogens is 3. The van der Waals surface area contributed by atoms with Gasteiger partial charge < -0.3 is 19.5 Å². The largest absolute Gasteiger partial charge is 0.463 e. The van der Waals surface area contributed by atoms with E-state index in [2.05, 4.69) is 9.71 Å². The smallest absolute Gasteiger partial charge is 0.240 e. The van der Waals surface area contributed by atoms with Crippen LogP contribution < -0.4 is 19.1 Å². The molecule has 1 saturated carbocycles. The molecule has 36 heavy (non-hydrogen) atoms. The number of aliphatic hydroxyl groups excluding tert-OH is 1. The number of benzene rings is 2. The minimum Gasteiger partial charge on any atom is -0.463 e. The van der Waals surface area contributed by atoms with Crippen molar-refractivity contribution in [3.05, 3.63) is 66.4 Å². The van der Waals surface area contributed by atoms with Crippen molar-refractivity contribution in [3.63, 3.8) is 0 Å². The molecule has 2 heterocycles. The van der Waals surface area contributed by atoms with Crippen LogP contribution in [0.15, 0.2) is 59.6 Å². The maximum atomic E-state index is 13.9. The molecule has 0 saturated heterocycles. The average Bonchev–Trinajstić information content (AvgIpc) is 2.84. The van der Waals surface area contributed by atoms with Crippen molar-refractivity contribution < 1.29 is 36.2 Å². The second-order valence-electron chi connectivity index (χ2n) is 8.50. The Morgan fingerprint density at radius 3 is 2.58 bits per heavy atom. The van der Waals surface area contributed by atoms with Gasteiger partial charge in [-0.3, -0.25) is 0 Å². The molecule has 2 aliphatic rings. The first-order chi connectivity index (χ1) is 17.3. The van der Waals surface area contributed by atoms with Crippen molar-refractivity contribution in [1.82, 2.24) is 9.71 Å². The zero-order chi connectivity index (χ0) is 25.4. The fourth-order valence-electron chi connectivity index (χ4n) is 4.62. The van der Waals surface area contributed by atoms with Crippen LogP contribution in [0.25, 0.3) is 0 Å². The molecule has 1 aliphatic carbocycles. The summed E-state index contributed by atoms with van der Waals surface area (Å²) in [5.41, 5.74) is 0.416. The topological polar surface area (TPSA) is 101 Å². The highest BCUT2D eigenvalue weighted by Crippen LogP contribution is 2.48. The number of ether oxygens (including phenoxy) is 2. The van der Waals surface area contributed by atoms with Gasteiger partial charge in [0.05, 0.1) is 35.0 Å². The summed E-state index contributed by atoms with van der Waals surface area (Å²) in [6.07, 6.45) is 1.20. The predicted molar refractivity (Wildman–Crippen MR) is 124 cm³/mol. The van der Waals surface area contributed by atoms with E-state index in [4.69, 9.17) is 9.47 Å². The lowest BCUT2D eigenvalue weighted by Gasteiger charge is -2.44. The minimum atomic E-state index is -4.03. The summed E-state index contributed by atoms with van der Waals surface area (Å²) in [7, 11) is -4.03. The van der Waals surface area contributed by atoms with Crippen molar-refractivity contribution in [1.29, 1.82) is 0 Å². The van der Waals surface area contributed by atoms with E-state index in [-0.39, 0.29) is 28.0 Å². The monoisotopic (exact) mass is 521 g/mol. The number of nitrogens with zero attached hydrogens (tertiary/aromatic N) is 2. The lowest BCUT2D eigenvalue weighted by atomic mass is 9.87. The summed E-state index contributed by atoms with van der Waals surface area (Å²) >= 11 is 0. The first-order valence-corrected chi connectivity index (χ1v) is 12.7. The molecule has 2 aromatic carbocycles. The highest BCUT2D eigenvalue weighted by Gasteiger charge is 2.42. The molecule has 0 bridgehead atoms. The van der Waals surface area contributed by atoms with Gasteiger partial charge in [-0.1, -0.05) is 0 Å². The Balaban J connectivity index is 1.44. The van der Waals surface area contributed by atoms with Crippen LogP contribution in [0, 0.1) is 11.6 Å². The SMILES string of the molecule is O=S(=O)(N[C@@H]1CCC[C@H](N2c3ccc(F)cc3Oc3cc(F)cnc32)[C@H]1O)c1ccc(OCF)cc1. The van der Waals surface area contributed by atoms with E-state index in [1.807, 2.05) is 0 Å². The average molecular weight is 522 g/mol. The number of hydrogen-bond donors (Lipinski definition) is 2. The lowest BCUT2D eigenvalue weighted by Crippen LogP contribution is -2.56. The van der Waals surface area contributed by atoms with E-state index in [1.165, 1.54) is 36.4 Å². The number of fused-ring (bicyclic) bond motifs is 2. The highest BCUT2D eigenvalue weighted by atomic mass is 32.2. The van der Waals surface area contributed by atoms with E-state index in [9.17, 15) is 26.7 Å². The molecular weight excluding hydrogens is 499 g/mol. The summed E-state index contributed by atoms with van der Waals surface area (Å²) in [4.78, 5) is 5.71. The van der Waals surface area contributed by atoms with Crippen LogP contribution in [0.3, 0.4) is 0 Å². The molecule has 0 unspecified atom stereocenters. The number of nitrogens with one attached hydrogen (secondary N) is 1. The van der Waals surface area contributed by atoms with Crippen LogP contribution >= 0.6 is 0 Å². The molecule has 0 spiro atoms. The Bertz CT molecular complexity index is 1320. The third kappa shape index (κ3) is 4.59. The second-order valence-corrected chi connectivity index (χ2v) is 10.2. The van der Waals surface area contributed by atoms with Crippen LogP contribution in [0.2, 0.25) is 0 Å². The number of rotatable bonds is 6. The van der Waals surface area contributed by atoms with E-state index in [1.54, 1.807) is 4.90 Å². The second kappa shape index (κ2) is 9.60. The zero-order valence-electron chi connectivity index (χ0n) is 18.8. The van der Waals surface area contributed by atoms with Gasteiger partial charge in [-0.15, -0.1) is 0 Å². The molecule has 8 nitrogen and oxygen atoms in total. The molecule has 1 fully saturated rings. The molecule has 3 aromatic rings. The first-order valence-electron chi connectivity index (χ1n) is 11.2. The molecule has 1 aliphatic heterocycles. The predicted octanol–water partition coefficient (Wildman–Crippen LogP) is 4.17. The maximum Gasteiger partial charge on any atom is 0.240 e. The summed E-state index contributed by atoms with van der Waals surface area (Å²) in [6, 6.07) is 8.68. The first kappa shape index (κ1) is 24.3. The third-order valence-electron chi connectivity index (χ3n) is 6.24. The fraction of sp³-hybridized carbons (Fsp3) is 0.292. The van der Waals surface area contributed by atoms with Crippen molar-refractivity contribution in [3.8, 4) is 17.2 Å². The Labute approximate surface area is 205 Å². The van der Waals surface area contributed by atoms with Crippen molar-refractivity contribution >= 4 is 21.5 Å². The van der Waals surface area contributed by atoms with Gasteiger partial charge in [-0.05, 0) is 55.7 Å². The Hall–Kier alpha value is -3.35. The van der Waals surface area contributed by atoms with Gasteiger partial charge >= 0.3 is 0 Å². The third-order valence-corrected chi connectivity index (χ3v) is 7.75. The van der Waals surface area contributed by atoms with E-state index in [0.29, 0.717) is 24.9 Å². The van der Waals surface area contributed by atoms with Gasteiger partial charge in [0.2, 0.25) is 16.9 Å². The fourth-order valence-corrected chi connectivity index (χ4v) is 5.91. The molecule has 190 valence electrons. The van der Waals surface area contributed by atoms with Gasteiger partial charge in [0.25, 0.3) is 0 Å². The number of aliphatic hydroxyl groups is 1. The van der Waals surface area contributed by atoms with Gasteiger partial charge in [-0.25, -0.2) is 31.3 Å². The van der Waals surface area contributed by atoms with Gasteiger partial charge in [0, 0.05) is 12.1 Å². The van der Waals surface area contributed by atoms with Crippen molar-refractivity contribution in [2.24, 2.45) is 0 Å². The molecule has 2 N–H and O–H groups in total. The van der Waals surface area contributed by atoms with Crippen LogP contribution in [0.5, 0.6) is 17.2 Å². The van der Waals surface area contributed by atoms with Gasteiger partial charge in [0.1, 0.15) is 17.4 Å². The number of hydrogen-bond acceptors (Lipinski definition) is 7. The summed E-state index contributed by atoms with van der Waals surface area (Å²) in [6.45, 7) is -1.04. The highest BCUT2D eigenvalue weighted by molar-refractivity contribution is 7.89. The van der Waals surface area contributed by atoms with Crippen LogP contribution in [0.4, 0.5) is 24.7 Å². The lowest BCUT2D eigenvalue weighted by molar-refractivity contribution is 0.0804. The van der Waals surface area contributed by atoms with Crippen LogP contribution in [0.1, 0.15) is 19.3 Å². The van der Waals surface area contributed by atoms with E-state index >= 15 is 0 Å². The normalized spacial score (nSPS) is 21.3. The van der Waals surface area contributed by atoms with E-state index in [0.717, 1.165) is 18.3 Å². The van der Waals surface area contributed by atoms with Crippen LogP contribution in [-0.2, 0) is 10.0 Å². The molecular formula is C24H22F3N3O5S. The van der Waals surface area contributed by atoms with Gasteiger partial charge in [-0.2, -0.15) is 0 Å². The summed E-state index contributed by atoms with van der Waals surface area (Å²) in [5, 5.41) is 11.3. The minimum absolute atomic E-state index is 0.0543. The molecule has 0 radical (unpaired) electrons. The number of aromatic nitrogens is 1. The Morgan fingerprint density at radius 2 is 1.83 bits per heavy atom. The number of pyridine rings is 1. The Morgan fingerprint density at radius 1 is 1.08 bits per heavy atom. The van der Waals surface area contributed by atoms with Gasteiger partial charge in [0.15, 0.2) is 17.3 Å². The number of anilines is 2. The maximum absolute atomic E-state index is 13.9. The van der Waals surface area contributed by atoms with E-state index < -0.39 is 46.7 Å². The molecule has 3 atom stereocenters. The summed E-state index contributed by atoms with van der Waals surface area (Å²) in [5.74, 6) is -0.615. The van der Waals surface area contributed by atoms with Crippen LogP contribution in [-0.4, -0.2) is 43.6 Å². The molecule has 0 amide bonds. The molecule has 12 heteroatoms. The standard InChI is InChI=1S/C24H22F3N3O5S/c25-13-34-16-5-7-17(8-6-16)36(32,33)29-18-2-1-3-20(23(18)31)30-19-9-4-14(26)10-21(19)35-22-11-15(27)12-28-24(22)30/h4-12,18,20,23,29,31H,1-3,13H2/t18-,20+,23+/m1/s1. The Kier molecular flexibility index (Phi) is 6.49. The molecule has 1 aromatic heterocycles. The number of sulfonamides is 1. The van der Waals surface area contributed by atoms with Crippen molar-refractivity contribution in [2.75, 3.05) is 11.8 Å². The quantitative estimate of drug-likeness (QED) is 0.502. The number of alkyl halides is 1. The molecule has 5 rings (SSSR count). The summed E-state index contributed by atoms with van der Waals surface area (Å²) < 4.78 is 79.1. The zero-order valence-corrected chi connectivity index (χ0v) is 19.6.